The van der Waals surface area contributed by atoms with Crippen molar-refractivity contribution in [2.75, 3.05) is 7.05 Å². The van der Waals surface area contributed by atoms with Gasteiger partial charge in [-0.3, -0.25) is 0 Å². The Kier molecular flexibility index (Phi) is 1.07. The topological polar surface area (TPSA) is 12.0 Å². The highest BCUT2D eigenvalue weighted by Crippen LogP contribution is 2.60. The highest BCUT2D eigenvalue weighted by molar-refractivity contribution is 5.12. The van der Waals surface area contributed by atoms with E-state index in [1.165, 1.54) is 25.7 Å². The van der Waals surface area contributed by atoms with Crippen LogP contribution in [-0.2, 0) is 0 Å². The van der Waals surface area contributed by atoms with Gasteiger partial charge in [-0.15, -0.1) is 0 Å². The monoisotopic (exact) mass is 151 g/mol. The average molecular weight is 151 g/mol. The summed E-state index contributed by atoms with van der Waals surface area (Å²) in [6.45, 7) is 0. The van der Waals surface area contributed by atoms with Crippen LogP contribution in [0.3, 0.4) is 0 Å². The van der Waals surface area contributed by atoms with Crippen LogP contribution in [0.15, 0.2) is 0 Å². The molecular weight excluding hydrogens is 134 g/mol. The van der Waals surface area contributed by atoms with E-state index in [1.807, 2.05) is 0 Å². The van der Waals surface area contributed by atoms with Crippen LogP contribution in [0, 0.1) is 17.8 Å². The second kappa shape index (κ2) is 1.82. The Balaban J connectivity index is 1.98. The maximum absolute atomic E-state index is 3.60. The molecule has 1 heteroatoms. The first-order valence-electron chi connectivity index (χ1n) is 5.01. The van der Waals surface area contributed by atoms with Crippen molar-refractivity contribution in [3.05, 3.63) is 0 Å². The Bertz CT molecular complexity index is 173. The molecule has 0 heterocycles. The first-order valence-corrected chi connectivity index (χ1v) is 5.01. The smallest absolute Gasteiger partial charge is 0.0212 e. The van der Waals surface area contributed by atoms with Crippen LogP contribution >= 0.6 is 0 Å². The van der Waals surface area contributed by atoms with Gasteiger partial charge in [-0.25, -0.2) is 0 Å². The van der Waals surface area contributed by atoms with Gasteiger partial charge in [0, 0.05) is 5.54 Å². The summed E-state index contributed by atoms with van der Waals surface area (Å²) in [4.78, 5) is 0. The zero-order valence-corrected chi connectivity index (χ0v) is 7.27. The molecule has 4 saturated carbocycles. The molecule has 0 aromatic heterocycles. The number of nitrogens with one attached hydrogen (secondary N) is 1. The molecule has 0 amide bonds. The van der Waals surface area contributed by atoms with Gasteiger partial charge in [-0.05, 0) is 56.9 Å². The van der Waals surface area contributed by atoms with Crippen LogP contribution in [0.2, 0.25) is 0 Å². The van der Waals surface area contributed by atoms with Crippen molar-refractivity contribution in [2.24, 2.45) is 17.8 Å². The first kappa shape index (κ1) is 6.47. The summed E-state index contributed by atoms with van der Waals surface area (Å²) in [5.74, 6) is 3.25. The van der Waals surface area contributed by atoms with E-state index in [-0.39, 0.29) is 0 Å². The Labute approximate surface area is 68.6 Å². The molecule has 62 valence electrons. The molecule has 4 bridgehead atoms. The van der Waals surface area contributed by atoms with E-state index in [9.17, 15) is 0 Å². The number of hydrogen-bond donors (Lipinski definition) is 1. The molecule has 3 unspecified atom stereocenters. The van der Waals surface area contributed by atoms with Crippen molar-refractivity contribution in [2.45, 2.75) is 37.6 Å². The predicted octanol–water partition coefficient (Wildman–Crippen LogP) is 1.78. The summed E-state index contributed by atoms with van der Waals surface area (Å²) in [6, 6.07) is 0. The van der Waals surface area contributed by atoms with Crippen LogP contribution < -0.4 is 5.32 Å². The summed E-state index contributed by atoms with van der Waals surface area (Å²) >= 11 is 0. The van der Waals surface area contributed by atoms with Gasteiger partial charge in [0.15, 0.2) is 0 Å². The van der Waals surface area contributed by atoms with Crippen LogP contribution in [-0.4, -0.2) is 12.6 Å². The van der Waals surface area contributed by atoms with E-state index in [1.54, 1.807) is 6.42 Å². The van der Waals surface area contributed by atoms with Gasteiger partial charge >= 0.3 is 0 Å². The van der Waals surface area contributed by atoms with Crippen molar-refractivity contribution < 1.29 is 0 Å². The second-order valence-corrected chi connectivity index (χ2v) is 4.95. The van der Waals surface area contributed by atoms with E-state index in [0.717, 1.165) is 17.8 Å². The molecule has 1 nitrogen and oxygen atoms in total. The van der Waals surface area contributed by atoms with Crippen LogP contribution in [0.5, 0.6) is 0 Å². The molecular formula is C10H17N. The maximum atomic E-state index is 3.60. The fourth-order valence-corrected chi connectivity index (χ4v) is 4.20. The molecule has 0 aliphatic heterocycles. The lowest BCUT2D eigenvalue weighted by atomic mass is 9.80. The summed E-state index contributed by atoms with van der Waals surface area (Å²) in [7, 11) is 2.17. The average Bonchev–Trinajstić information content (AvgIpc) is 2.37. The van der Waals surface area contributed by atoms with Crippen molar-refractivity contribution in [3.8, 4) is 0 Å². The van der Waals surface area contributed by atoms with Crippen molar-refractivity contribution in [3.63, 3.8) is 0 Å². The molecule has 0 radical (unpaired) electrons. The predicted molar refractivity (Wildman–Crippen MR) is 45.3 cm³/mol. The van der Waals surface area contributed by atoms with Gasteiger partial charge in [-0.1, -0.05) is 0 Å². The van der Waals surface area contributed by atoms with Gasteiger partial charge < -0.3 is 5.32 Å². The quantitative estimate of drug-likeness (QED) is 0.602. The lowest BCUT2D eigenvalue weighted by Crippen LogP contribution is -2.43. The maximum Gasteiger partial charge on any atom is 0.0212 e. The molecule has 4 aliphatic rings. The zero-order valence-electron chi connectivity index (χ0n) is 7.27. The third-order valence-electron chi connectivity index (χ3n) is 4.49. The third kappa shape index (κ3) is 0.658. The third-order valence-corrected chi connectivity index (χ3v) is 4.49. The van der Waals surface area contributed by atoms with Gasteiger partial charge in [0.1, 0.15) is 0 Å². The standard InChI is InChI=1S/C10H17N/c1-11-10-5-7-2-8(6-10)4-9(10)3-7/h7-9,11H,2-6H2,1H3/t7-,8?,9?,10?/m0/s1. The Morgan fingerprint density at radius 3 is 2.18 bits per heavy atom. The van der Waals surface area contributed by atoms with E-state index < -0.39 is 0 Å². The highest BCUT2D eigenvalue weighted by Gasteiger charge is 2.56. The molecule has 4 atom stereocenters. The Morgan fingerprint density at radius 1 is 1.09 bits per heavy atom. The van der Waals surface area contributed by atoms with Gasteiger partial charge in [-0.2, -0.15) is 0 Å². The van der Waals surface area contributed by atoms with E-state index in [0.29, 0.717) is 5.54 Å². The van der Waals surface area contributed by atoms with Crippen LogP contribution in [0.4, 0.5) is 0 Å². The fraction of sp³-hybridized carbons (Fsp3) is 1.00. The largest absolute Gasteiger partial charge is 0.314 e. The van der Waals surface area contributed by atoms with E-state index >= 15 is 0 Å². The molecule has 0 saturated heterocycles. The van der Waals surface area contributed by atoms with Crippen molar-refractivity contribution in [1.29, 1.82) is 0 Å². The summed E-state index contributed by atoms with van der Waals surface area (Å²) in [5.41, 5.74) is 0.619. The minimum atomic E-state index is 0.619. The normalized spacial score (nSPS) is 59.2. The summed E-state index contributed by atoms with van der Waals surface area (Å²) in [6.07, 6.45) is 7.62. The molecule has 11 heavy (non-hydrogen) atoms. The minimum Gasteiger partial charge on any atom is -0.314 e. The molecule has 1 N–H and O–H groups in total. The molecule has 4 aliphatic carbocycles. The van der Waals surface area contributed by atoms with Crippen molar-refractivity contribution >= 4 is 0 Å². The Morgan fingerprint density at radius 2 is 1.73 bits per heavy atom. The van der Waals surface area contributed by atoms with E-state index in [2.05, 4.69) is 12.4 Å². The minimum absolute atomic E-state index is 0.619. The van der Waals surface area contributed by atoms with Crippen LogP contribution in [0.25, 0.3) is 0 Å². The van der Waals surface area contributed by atoms with E-state index in [4.69, 9.17) is 0 Å². The summed E-state index contributed by atoms with van der Waals surface area (Å²) in [5, 5.41) is 3.60. The van der Waals surface area contributed by atoms with Crippen LogP contribution in [0.1, 0.15) is 32.1 Å². The lowest BCUT2D eigenvalue weighted by Gasteiger charge is -2.32. The van der Waals surface area contributed by atoms with Gasteiger partial charge in [0.25, 0.3) is 0 Å². The Hall–Kier alpha value is -0.0400. The van der Waals surface area contributed by atoms with Gasteiger partial charge in [0.2, 0.25) is 0 Å². The number of hydrogen-bond acceptors (Lipinski definition) is 1. The first-order chi connectivity index (χ1) is 5.32. The number of rotatable bonds is 1. The zero-order chi connectivity index (χ0) is 7.47. The summed E-state index contributed by atoms with van der Waals surface area (Å²) < 4.78 is 0. The highest BCUT2D eigenvalue weighted by atomic mass is 15.0. The molecule has 4 rings (SSSR count). The van der Waals surface area contributed by atoms with Crippen molar-refractivity contribution in [1.82, 2.24) is 5.32 Å². The SMILES string of the molecule is CNC12CC3CC1C[C@H](C3)C2. The lowest BCUT2D eigenvalue weighted by molar-refractivity contribution is 0.245. The second-order valence-electron chi connectivity index (χ2n) is 4.95. The molecule has 0 aromatic rings. The molecule has 0 aromatic carbocycles. The molecule has 0 spiro atoms. The fourth-order valence-electron chi connectivity index (χ4n) is 4.20. The van der Waals surface area contributed by atoms with Gasteiger partial charge in [0.05, 0.1) is 0 Å². The molecule has 4 fully saturated rings.